The summed E-state index contributed by atoms with van der Waals surface area (Å²) in [6.07, 6.45) is 2.26. The third kappa shape index (κ3) is 2.37. The Morgan fingerprint density at radius 1 is 1.39 bits per heavy atom. The van der Waals surface area contributed by atoms with E-state index in [9.17, 15) is 4.79 Å². The minimum Gasteiger partial charge on any atom is -0.342 e. The van der Waals surface area contributed by atoms with Crippen LogP contribution in [0.2, 0.25) is 0 Å². The average Bonchev–Trinajstić information content (AvgIpc) is 2.99. The van der Waals surface area contributed by atoms with Gasteiger partial charge in [-0.2, -0.15) is 0 Å². The Bertz CT molecular complexity index is 433. The summed E-state index contributed by atoms with van der Waals surface area (Å²) in [5.74, 6) is 5.95. The molecule has 0 aromatic carbocycles. The van der Waals surface area contributed by atoms with E-state index in [1.165, 1.54) is 0 Å². The zero-order valence-electron chi connectivity index (χ0n) is 11.3. The molecule has 1 aliphatic rings. The molecular weight excluding hydrogens is 246 g/mol. The van der Waals surface area contributed by atoms with Crippen LogP contribution in [0.1, 0.15) is 31.6 Å². The molecule has 1 saturated heterocycles. The molecule has 1 aromatic rings. The molecule has 0 atom stereocenters. The number of amides is 1. The Labute approximate surface area is 112 Å². The average molecular weight is 267 g/mol. The van der Waals surface area contributed by atoms with Crippen LogP contribution >= 0.6 is 11.3 Å². The second kappa shape index (κ2) is 4.90. The smallest absolute Gasteiger partial charge is 0.233 e. The van der Waals surface area contributed by atoms with Gasteiger partial charge in [0.2, 0.25) is 5.91 Å². The molecule has 5 heteroatoms. The van der Waals surface area contributed by atoms with Gasteiger partial charge in [-0.3, -0.25) is 4.79 Å². The predicted molar refractivity (Wildman–Crippen MR) is 75.7 cm³/mol. The van der Waals surface area contributed by atoms with Crippen molar-refractivity contribution in [2.24, 2.45) is 5.84 Å². The van der Waals surface area contributed by atoms with Gasteiger partial charge in [0, 0.05) is 25.0 Å². The molecule has 0 radical (unpaired) electrons. The molecule has 1 aliphatic heterocycles. The highest BCUT2D eigenvalue weighted by atomic mass is 32.1. The summed E-state index contributed by atoms with van der Waals surface area (Å²) in [5.41, 5.74) is -0.455. The maximum absolute atomic E-state index is 12.5. The van der Waals surface area contributed by atoms with Crippen LogP contribution in [0.4, 0.5) is 5.00 Å². The zero-order valence-corrected chi connectivity index (χ0v) is 12.1. The Morgan fingerprint density at radius 2 is 2.00 bits per heavy atom. The van der Waals surface area contributed by atoms with Crippen molar-refractivity contribution < 1.29 is 4.79 Å². The molecule has 2 heterocycles. The zero-order chi connectivity index (χ0) is 13.3. The van der Waals surface area contributed by atoms with Gasteiger partial charge < -0.3 is 9.91 Å². The number of carbonyl (C=O) groups is 1. The van der Waals surface area contributed by atoms with E-state index >= 15 is 0 Å². The van der Waals surface area contributed by atoms with E-state index in [0.29, 0.717) is 0 Å². The van der Waals surface area contributed by atoms with Crippen molar-refractivity contribution in [1.29, 1.82) is 0 Å². The fourth-order valence-corrected chi connectivity index (χ4v) is 3.26. The number of hydrogen-bond donors (Lipinski definition) is 1. The minimum atomic E-state index is -0.455. The summed E-state index contributed by atoms with van der Waals surface area (Å²) < 4.78 is 0. The summed E-state index contributed by atoms with van der Waals surface area (Å²) in [6, 6.07) is 3.98. The van der Waals surface area contributed by atoms with Crippen molar-refractivity contribution >= 4 is 22.2 Å². The Hall–Kier alpha value is -1.07. The minimum absolute atomic E-state index is 0.230. The molecule has 2 rings (SSSR count). The first kappa shape index (κ1) is 13.4. The number of carbonyl (C=O) groups excluding carboxylic acids is 1. The van der Waals surface area contributed by atoms with Crippen LogP contribution in [0.5, 0.6) is 0 Å². The number of rotatable bonds is 3. The van der Waals surface area contributed by atoms with Crippen molar-refractivity contribution in [1.82, 2.24) is 4.90 Å². The second-order valence-electron chi connectivity index (χ2n) is 5.37. The molecule has 2 N–H and O–H groups in total. The summed E-state index contributed by atoms with van der Waals surface area (Å²) in [5, 5.41) is 2.57. The maximum atomic E-state index is 12.5. The number of nitrogens with zero attached hydrogens (tertiary/aromatic N) is 2. The molecule has 0 spiro atoms. The van der Waals surface area contributed by atoms with Crippen LogP contribution in [-0.4, -0.2) is 30.9 Å². The largest absolute Gasteiger partial charge is 0.342 e. The molecule has 4 nitrogen and oxygen atoms in total. The molecule has 1 aromatic heterocycles. The molecule has 0 bridgehead atoms. The number of thiophene rings is 1. The predicted octanol–water partition coefficient (Wildman–Crippen LogP) is 1.96. The number of hydrogen-bond acceptors (Lipinski definition) is 4. The molecule has 0 unspecified atom stereocenters. The number of nitrogens with two attached hydrogens (primary N) is 1. The molecule has 1 fully saturated rings. The van der Waals surface area contributed by atoms with E-state index in [1.807, 2.05) is 37.9 Å². The van der Waals surface area contributed by atoms with Crippen molar-refractivity contribution in [3.63, 3.8) is 0 Å². The van der Waals surface area contributed by atoms with E-state index in [2.05, 4.69) is 0 Å². The van der Waals surface area contributed by atoms with E-state index in [0.717, 1.165) is 35.8 Å². The summed E-state index contributed by atoms with van der Waals surface area (Å²) in [4.78, 5) is 15.6. The fraction of sp³-hybridized carbons (Fsp3) is 0.615. The highest BCUT2D eigenvalue weighted by molar-refractivity contribution is 7.16. The van der Waals surface area contributed by atoms with Gasteiger partial charge in [-0.25, -0.2) is 5.84 Å². The van der Waals surface area contributed by atoms with Gasteiger partial charge in [0.05, 0.1) is 5.41 Å². The highest BCUT2D eigenvalue weighted by Gasteiger charge is 2.36. The van der Waals surface area contributed by atoms with Crippen molar-refractivity contribution in [3.05, 3.63) is 17.0 Å². The van der Waals surface area contributed by atoms with Gasteiger partial charge in [-0.05, 0) is 38.8 Å². The first-order valence-electron chi connectivity index (χ1n) is 6.31. The summed E-state index contributed by atoms with van der Waals surface area (Å²) >= 11 is 1.59. The molecule has 0 saturated carbocycles. The Balaban J connectivity index is 2.20. The van der Waals surface area contributed by atoms with Crippen LogP contribution in [-0.2, 0) is 10.2 Å². The molecule has 1 amide bonds. The SMILES string of the molecule is CN(N)c1ccc(C(C)(C)C(=O)N2CCCC2)s1. The van der Waals surface area contributed by atoms with Gasteiger partial charge in [0.15, 0.2) is 0 Å². The van der Waals surface area contributed by atoms with Crippen molar-refractivity contribution in [2.45, 2.75) is 32.1 Å². The van der Waals surface area contributed by atoms with Gasteiger partial charge in [-0.15, -0.1) is 11.3 Å². The quantitative estimate of drug-likeness (QED) is 0.673. The van der Waals surface area contributed by atoms with Crippen LogP contribution in [0.25, 0.3) is 0 Å². The van der Waals surface area contributed by atoms with Gasteiger partial charge in [-0.1, -0.05) is 0 Å². The molecule has 100 valence electrons. The Morgan fingerprint density at radius 3 is 2.50 bits per heavy atom. The second-order valence-corrected chi connectivity index (χ2v) is 6.44. The van der Waals surface area contributed by atoms with Crippen molar-refractivity contribution in [2.75, 3.05) is 25.1 Å². The van der Waals surface area contributed by atoms with Crippen LogP contribution in [0.3, 0.4) is 0 Å². The van der Waals surface area contributed by atoms with Crippen LogP contribution in [0, 0.1) is 0 Å². The third-order valence-electron chi connectivity index (χ3n) is 3.48. The molecule has 18 heavy (non-hydrogen) atoms. The lowest BCUT2D eigenvalue weighted by molar-refractivity contribution is -0.135. The van der Waals surface area contributed by atoms with Gasteiger partial charge >= 0.3 is 0 Å². The van der Waals surface area contributed by atoms with Crippen LogP contribution < -0.4 is 10.9 Å². The lowest BCUT2D eigenvalue weighted by atomic mass is 9.90. The van der Waals surface area contributed by atoms with Gasteiger partial charge in [0.1, 0.15) is 5.00 Å². The number of anilines is 1. The first-order valence-corrected chi connectivity index (χ1v) is 7.12. The first-order chi connectivity index (χ1) is 8.43. The topological polar surface area (TPSA) is 49.6 Å². The monoisotopic (exact) mass is 267 g/mol. The van der Waals surface area contributed by atoms with E-state index in [-0.39, 0.29) is 5.91 Å². The standard InChI is InChI=1S/C13H21N3OS/c1-13(2,12(17)16-8-4-5-9-16)10-6-7-11(18-10)15(3)14/h6-7H,4-5,8-9,14H2,1-3H3. The molecule has 0 aliphatic carbocycles. The van der Waals surface area contributed by atoms with E-state index in [1.54, 1.807) is 16.3 Å². The number of likely N-dealkylation sites (tertiary alicyclic amines) is 1. The van der Waals surface area contributed by atoms with Crippen LogP contribution in [0.15, 0.2) is 12.1 Å². The third-order valence-corrected chi connectivity index (χ3v) is 4.98. The summed E-state index contributed by atoms with van der Waals surface area (Å²) in [6.45, 7) is 5.80. The maximum Gasteiger partial charge on any atom is 0.233 e. The molecular formula is C13H21N3OS. The van der Waals surface area contributed by atoms with E-state index in [4.69, 9.17) is 5.84 Å². The lowest BCUT2D eigenvalue weighted by Gasteiger charge is -2.28. The van der Waals surface area contributed by atoms with Crippen molar-refractivity contribution in [3.8, 4) is 0 Å². The highest BCUT2D eigenvalue weighted by Crippen LogP contribution is 2.35. The fourth-order valence-electron chi connectivity index (χ4n) is 2.27. The lowest BCUT2D eigenvalue weighted by Crippen LogP contribution is -2.41. The van der Waals surface area contributed by atoms with E-state index < -0.39 is 5.41 Å². The normalized spacial score (nSPS) is 16.1. The van der Waals surface area contributed by atoms with Gasteiger partial charge in [0.25, 0.3) is 0 Å². The Kier molecular flexibility index (Phi) is 3.64. The summed E-state index contributed by atoms with van der Waals surface area (Å²) in [7, 11) is 1.81. The number of hydrazine groups is 1.